The SMILES string of the molecule is CCCS(=O)(=O)NC(C)C(=O)NCC(CC(C)C)C(=O)O. The normalized spacial score (nSPS) is 14.7. The minimum Gasteiger partial charge on any atom is -0.481 e. The lowest BCUT2D eigenvalue weighted by Gasteiger charge is -2.18. The maximum atomic E-state index is 11.8. The highest BCUT2D eigenvalue weighted by atomic mass is 32.2. The van der Waals surface area contributed by atoms with Gasteiger partial charge in [0.1, 0.15) is 0 Å². The van der Waals surface area contributed by atoms with Crippen LogP contribution in [0.1, 0.15) is 40.5 Å². The molecule has 0 aliphatic rings. The number of carboxylic acids is 1. The van der Waals surface area contributed by atoms with E-state index in [4.69, 9.17) is 5.11 Å². The summed E-state index contributed by atoms with van der Waals surface area (Å²) in [5.74, 6) is -2.01. The fourth-order valence-electron chi connectivity index (χ4n) is 1.87. The lowest BCUT2D eigenvalue weighted by Crippen LogP contribution is -2.47. The van der Waals surface area contributed by atoms with Gasteiger partial charge in [0.25, 0.3) is 0 Å². The number of nitrogens with one attached hydrogen (secondary N) is 2. The van der Waals surface area contributed by atoms with E-state index in [0.29, 0.717) is 12.8 Å². The van der Waals surface area contributed by atoms with Crippen LogP contribution in [0.5, 0.6) is 0 Å². The van der Waals surface area contributed by atoms with Crippen molar-refractivity contribution < 1.29 is 23.1 Å². The summed E-state index contributed by atoms with van der Waals surface area (Å²) in [5.41, 5.74) is 0. The molecule has 0 aromatic carbocycles. The van der Waals surface area contributed by atoms with E-state index in [1.807, 2.05) is 13.8 Å². The molecule has 3 N–H and O–H groups in total. The first-order chi connectivity index (χ1) is 9.59. The zero-order chi connectivity index (χ0) is 16.6. The van der Waals surface area contributed by atoms with Gasteiger partial charge in [-0.05, 0) is 25.7 Å². The fourth-order valence-corrected chi connectivity index (χ4v) is 3.17. The predicted molar refractivity (Wildman–Crippen MR) is 80.3 cm³/mol. The molecule has 2 unspecified atom stereocenters. The number of rotatable bonds is 10. The summed E-state index contributed by atoms with van der Waals surface area (Å²) in [7, 11) is -3.48. The number of amides is 1. The molecule has 0 aromatic rings. The van der Waals surface area contributed by atoms with Gasteiger partial charge >= 0.3 is 5.97 Å². The van der Waals surface area contributed by atoms with E-state index in [2.05, 4.69) is 10.0 Å². The Morgan fingerprint density at radius 2 is 1.76 bits per heavy atom. The number of aliphatic carboxylic acids is 1. The highest BCUT2D eigenvalue weighted by Crippen LogP contribution is 2.11. The van der Waals surface area contributed by atoms with Crippen LogP contribution >= 0.6 is 0 Å². The quantitative estimate of drug-likeness (QED) is 0.544. The molecule has 0 aliphatic heterocycles. The monoisotopic (exact) mass is 322 g/mol. The Hall–Kier alpha value is -1.15. The summed E-state index contributed by atoms with van der Waals surface area (Å²) in [4.78, 5) is 22.9. The highest BCUT2D eigenvalue weighted by molar-refractivity contribution is 7.89. The van der Waals surface area contributed by atoms with Crippen LogP contribution in [0.4, 0.5) is 0 Å². The van der Waals surface area contributed by atoms with E-state index in [1.165, 1.54) is 6.92 Å². The summed E-state index contributed by atoms with van der Waals surface area (Å²) in [6.07, 6.45) is 0.907. The predicted octanol–water partition coefficient (Wildman–Crippen LogP) is 0.567. The number of carbonyl (C=O) groups is 2. The lowest BCUT2D eigenvalue weighted by molar-refractivity contribution is -0.142. The zero-order valence-electron chi connectivity index (χ0n) is 13.0. The van der Waals surface area contributed by atoms with Gasteiger partial charge in [-0.3, -0.25) is 9.59 Å². The fraction of sp³-hybridized carbons (Fsp3) is 0.846. The van der Waals surface area contributed by atoms with Crippen LogP contribution in [0.15, 0.2) is 0 Å². The molecule has 0 saturated carbocycles. The average Bonchev–Trinajstić information content (AvgIpc) is 2.32. The second-order valence-corrected chi connectivity index (χ2v) is 7.44. The Kier molecular flexibility index (Phi) is 8.50. The van der Waals surface area contributed by atoms with Crippen LogP contribution in [-0.2, 0) is 19.6 Å². The number of hydrogen-bond donors (Lipinski definition) is 3. The molecule has 2 atom stereocenters. The third-order valence-corrected chi connectivity index (χ3v) is 4.51. The molecule has 0 aromatic heterocycles. The standard InChI is InChI=1S/C13H26N2O5S/c1-5-6-21(19,20)15-10(4)12(16)14-8-11(13(17)18)7-9(2)3/h9-11,15H,5-8H2,1-4H3,(H,14,16)(H,17,18). The first-order valence-electron chi connectivity index (χ1n) is 7.09. The Morgan fingerprint density at radius 3 is 2.19 bits per heavy atom. The van der Waals surface area contributed by atoms with E-state index in [0.717, 1.165) is 0 Å². The first kappa shape index (κ1) is 19.9. The van der Waals surface area contributed by atoms with Crippen molar-refractivity contribution in [1.29, 1.82) is 0 Å². The number of sulfonamides is 1. The van der Waals surface area contributed by atoms with Crippen LogP contribution < -0.4 is 10.0 Å². The second-order valence-electron chi connectivity index (χ2n) is 5.57. The highest BCUT2D eigenvalue weighted by Gasteiger charge is 2.23. The Morgan fingerprint density at radius 1 is 1.19 bits per heavy atom. The minimum absolute atomic E-state index is 0.00775. The van der Waals surface area contributed by atoms with E-state index >= 15 is 0 Å². The molecule has 21 heavy (non-hydrogen) atoms. The third-order valence-electron chi connectivity index (χ3n) is 2.85. The number of carbonyl (C=O) groups excluding carboxylic acids is 1. The maximum absolute atomic E-state index is 11.8. The Labute approximate surface area is 126 Å². The van der Waals surface area contributed by atoms with Crippen molar-refractivity contribution in [3.63, 3.8) is 0 Å². The molecule has 0 spiro atoms. The zero-order valence-corrected chi connectivity index (χ0v) is 13.9. The molecule has 0 rings (SSSR count). The average molecular weight is 322 g/mol. The van der Waals surface area contributed by atoms with Crippen molar-refractivity contribution in [1.82, 2.24) is 10.0 Å². The van der Waals surface area contributed by atoms with Crippen LogP contribution in [-0.4, -0.2) is 43.7 Å². The van der Waals surface area contributed by atoms with Gasteiger partial charge < -0.3 is 10.4 Å². The van der Waals surface area contributed by atoms with E-state index in [1.54, 1.807) is 6.92 Å². The van der Waals surface area contributed by atoms with E-state index in [9.17, 15) is 18.0 Å². The third kappa shape index (κ3) is 8.67. The van der Waals surface area contributed by atoms with Gasteiger partial charge in [-0.2, -0.15) is 0 Å². The Balaban J connectivity index is 4.44. The van der Waals surface area contributed by atoms with Crippen LogP contribution in [0, 0.1) is 11.8 Å². The summed E-state index contributed by atoms with van der Waals surface area (Å²) < 4.78 is 25.4. The molecule has 0 aliphatic carbocycles. The molecule has 0 saturated heterocycles. The van der Waals surface area contributed by atoms with Gasteiger partial charge in [0.05, 0.1) is 17.7 Å². The minimum atomic E-state index is -3.48. The molecule has 8 heteroatoms. The van der Waals surface area contributed by atoms with Gasteiger partial charge in [0.15, 0.2) is 0 Å². The molecule has 1 amide bonds. The van der Waals surface area contributed by atoms with Crippen molar-refractivity contribution in [2.24, 2.45) is 11.8 Å². The first-order valence-corrected chi connectivity index (χ1v) is 8.74. The van der Waals surface area contributed by atoms with Gasteiger partial charge in [0, 0.05) is 6.54 Å². The molecule has 0 fully saturated rings. The summed E-state index contributed by atoms with van der Waals surface area (Å²) in [5, 5.41) is 11.6. The van der Waals surface area contributed by atoms with Crippen LogP contribution in [0.2, 0.25) is 0 Å². The summed E-state index contributed by atoms with van der Waals surface area (Å²) in [6.45, 7) is 6.96. The second kappa shape index (κ2) is 8.99. The van der Waals surface area contributed by atoms with Gasteiger partial charge in [0.2, 0.25) is 15.9 Å². The summed E-state index contributed by atoms with van der Waals surface area (Å²) >= 11 is 0. The molecular formula is C13H26N2O5S. The molecule has 7 nitrogen and oxygen atoms in total. The van der Waals surface area contributed by atoms with E-state index < -0.39 is 33.9 Å². The number of carboxylic acid groups (broad SMARTS) is 1. The largest absolute Gasteiger partial charge is 0.481 e. The van der Waals surface area contributed by atoms with Crippen molar-refractivity contribution in [3.05, 3.63) is 0 Å². The van der Waals surface area contributed by atoms with Crippen molar-refractivity contribution in [3.8, 4) is 0 Å². The van der Waals surface area contributed by atoms with Gasteiger partial charge in [-0.25, -0.2) is 13.1 Å². The van der Waals surface area contributed by atoms with Crippen molar-refractivity contribution >= 4 is 21.9 Å². The molecular weight excluding hydrogens is 296 g/mol. The Bertz CT molecular complexity index is 447. The molecule has 0 radical (unpaired) electrons. The van der Waals surface area contributed by atoms with Gasteiger partial charge in [-0.1, -0.05) is 20.8 Å². The number of hydrogen-bond acceptors (Lipinski definition) is 4. The lowest BCUT2D eigenvalue weighted by atomic mass is 9.97. The van der Waals surface area contributed by atoms with Crippen LogP contribution in [0.3, 0.4) is 0 Å². The van der Waals surface area contributed by atoms with Gasteiger partial charge in [-0.15, -0.1) is 0 Å². The maximum Gasteiger partial charge on any atom is 0.308 e. The van der Waals surface area contributed by atoms with E-state index in [-0.39, 0.29) is 18.2 Å². The topological polar surface area (TPSA) is 113 Å². The molecule has 0 heterocycles. The van der Waals surface area contributed by atoms with Crippen molar-refractivity contribution in [2.45, 2.75) is 46.6 Å². The smallest absolute Gasteiger partial charge is 0.308 e. The molecule has 0 bridgehead atoms. The van der Waals surface area contributed by atoms with Crippen LogP contribution in [0.25, 0.3) is 0 Å². The molecule has 124 valence electrons. The van der Waals surface area contributed by atoms with Crippen molar-refractivity contribution in [2.75, 3.05) is 12.3 Å². The summed E-state index contributed by atoms with van der Waals surface area (Å²) in [6, 6.07) is -0.921.